The summed E-state index contributed by atoms with van der Waals surface area (Å²) >= 11 is 0. The molecule has 27 heavy (non-hydrogen) atoms. The van der Waals surface area contributed by atoms with Gasteiger partial charge in [-0.1, -0.05) is 13.5 Å². The Bertz CT molecular complexity index is 936. The monoisotopic (exact) mass is 367 g/mol. The predicted octanol–water partition coefficient (Wildman–Crippen LogP) is 4.48. The van der Waals surface area contributed by atoms with Crippen LogP contribution in [-0.2, 0) is 6.54 Å². The van der Waals surface area contributed by atoms with Crippen molar-refractivity contribution in [1.82, 2.24) is 9.97 Å². The van der Waals surface area contributed by atoms with Crippen molar-refractivity contribution in [3.63, 3.8) is 0 Å². The molecule has 7 heteroatoms. The molecule has 1 aromatic heterocycles. The first-order valence-electron chi connectivity index (χ1n) is 8.47. The summed E-state index contributed by atoms with van der Waals surface area (Å²) in [5.41, 5.74) is 1.44. The van der Waals surface area contributed by atoms with E-state index in [0.29, 0.717) is 34.9 Å². The number of hydrogen-bond donors (Lipinski definition) is 0. The van der Waals surface area contributed by atoms with Gasteiger partial charge in [-0.2, -0.15) is 0 Å². The lowest BCUT2D eigenvalue weighted by molar-refractivity contribution is 0.555. The molecule has 0 fully saturated rings. The van der Waals surface area contributed by atoms with Crippen molar-refractivity contribution < 1.29 is 8.78 Å². The van der Waals surface area contributed by atoms with Crippen molar-refractivity contribution in [3.05, 3.63) is 71.8 Å². The molecule has 0 N–H and O–H groups in total. The molecular weight excluding hydrogens is 348 g/mol. The number of halogens is 2. The minimum atomic E-state index is -0.621. The first-order chi connectivity index (χ1) is 13.1. The fourth-order valence-electron chi connectivity index (χ4n) is 3.19. The Morgan fingerprint density at radius 3 is 2.89 bits per heavy atom. The van der Waals surface area contributed by atoms with Gasteiger partial charge in [0, 0.05) is 41.5 Å². The average Bonchev–Trinajstić information content (AvgIpc) is 2.94. The van der Waals surface area contributed by atoms with Crippen molar-refractivity contribution in [1.29, 1.82) is 0 Å². The largest absolute Gasteiger partial charge is 0.319 e. The minimum absolute atomic E-state index is 0.280. The average molecular weight is 367 g/mol. The molecule has 0 bridgehead atoms. The van der Waals surface area contributed by atoms with Gasteiger partial charge >= 0.3 is 0 Å². The van der Waals surface area contributed by atoms with E-state index in [1.807, 2.05) is 11.8 Å². The van der Waals surface area contributed by atoms with E-state index in [2.05, 4.69) is 33.2 Å². The Balaban J connectivity index is 1.92. The van der Waals surface area contributed by atoms with Crippen LogP contribution in [0.4, 0.5) is 14.6 Å². The fourth-order valence-corrected chi connectivity index (χ4v) is 3.19. The second-order valence-electron chi connectivity index (χ2n) is 5.93. The molecule has 1 aromatic carbocycles. The first-order valence-corrected chi connectivity index (χ1v) is 8.47. The zero-order valence-corrected chi connectivity index (χ0v) is 14.9. The molecule has 2 heterocycles. The van der Waals surface area contributed by atoms with Crippen molar-refractivity contribution in [2.75, 3.05) is 4.90 Å². The number of aliphatic imine (C=N–C) groups is 2. The van der Waals surface area contributed by atoms with Gasteiger partial charge in [-0.3, -0.25) is 9.98 Å². The fraction of sp³-hybridized carbons (Fsp3) is 0.200. The molecule has 0 spiro atoms. The summed E-state index contributed by atoms with van der Waals surface area (Å²) in [6.45, 7) is 9.59. The normalized spacial score (nSPS) is 16.5. The molecule has 1 aliphatic rings. The van der Waals surface area contributed by atoms with Gasteiger partial charge in [-0.15, -0.1) is 0 Å². The van der Waals surface area contributed by atoms with Crippen LogP contribution in [0.1, 0.15) is 36.3 Å². The van der Waals surface area contributed by atoms with Crippen molar-refractivity contribution in [2.45, 2.75) is 25.9 Å². The molecule has 1 unspecified atom stereocenters. The van der Waals surface area contributed by atoms with Crippen LogP contribution >= 0.6 is 0 Å². The Labute approximate surface area is 156 Å². The minimum Gasteiger partial charge on any atom is -0.319 e. The van der Waals surface area contributed by atoms with Gasteiger partial charge in [0.15, 0.2) is 5.82 Å². The molecule has 1 atom stereocenters. The highest BCUT2D eigenvalue weighted by Gasteiger charge is 2.36. The van der Waals surface area contributed by atoms with Gasteiger partial charge in [0.05, 0.1) is 12.6 Å². The zero-order valence-electron chi connectivity index (χ0n) is 14.9. The van der Waals surface area contributed by atoms with Gasteiger partial charge in [-0.25, -0.2) is 18.7 Å². The molecule has 0 radical (unpaired) electrons. The first kappa shape index (κ1) is 18.6. The third-order valence-corrected chi connectivity index (χ3v) is 4.28. The van der Waals surface area contributed by atoms with E-state index < -0.39 is 11.6 Å². The van der Waals surface area contributed by atoms with Gasteiger partial charge in [0.2, 0.25) is 0 Å². The smallest absolute Gasteiger partial charge is 0.152 e. The second-order valence-corrected chi connectivity index (χ2v) is 5.93. The lowest BCUT2D eigenvalue weighted by Crippen LogP contribution is -2.21. The van der Waals surface area contributed by atoms with Crippen LogP contribution in [0.2, 0.25) is 0 Å². The maximum atomic E-state index is 14.4. The Morgan fingerprint density at radius 1 is 1.33 bits per heavy atom. The number of benzene rings is 1. The summed E-state index contributed by atoms with van der Waals surface area (Å²) < 4.78 is 28.1. The van der Waals surface area contributed by atoms with Gasteiger partial charge < -0.3 is 4.90 Å². The van der Waals surface area contributed by atoms with Crippen LogP contribution in [-0.4, -0.2) is 22.9 Å². The number of anilines is 1. The summed E-state index contributed by atoms with van der Waals surface area (Å²) in [5.74, 6) is -0.105. The van der Waals surface area contributed by atoms with Crippen LogP contribution in [0.25, 0.3) is 5.70 Å². The van der Waals surface area contributed by atoms with Crippen molar-refractivity contribution >= 4 is 24.4 Å². The summed E-state index contributed by atoms with van der Waals surface area (Å²) in [7, 11) is 0. The third kappa shape index (κ3) is 3.67. The van der Waals surface area contributed by atoms with Gasteiger partial charge in [-0.05, 0) is 31.3 Å². The Kier molecular flexibility index (Phi) is 5.49. The number of fused-ring (bicyclic) bond motifs is 1. The number of hydrogen-bond acceptors (Lipinski definition) is 5. The Morgan fingerprint density at radius 2 is 2.15 bits per heavy atom. The van der Waals surface area contributed by atoms with Crippen LogP contribution in [0.5, 0.6) is 0 Å². The number of allylic oxidation sites excluding steroid dienone is 1. The van der Waals surface area contributed by atoms with E-state index in [0.717, 1.165) is 6.07 Å². The van der Waals surface area contributed by atoms with Crippen LogP contribution in [0.3, 0.4) is 0 Å². The predicted molar refractivity (Wildman–Crippen MR) is 104 cm³/mol. The highest BCUT2D eigenvalue weighted by atomic mass is 19.1. The molecule has 1 aliphatic heterocycles. The number of nitrogens with zero attached hydrogens (tertiary/aromatic N) is 5. The van der Waals surface area contributed by atoms with E-state index >= 15 is 0 Å². The lowest BCUT2D eigenvalue weighted by atomic mass is 10.0. The summed E-state index contributed by atoms with van der Waals surface area (Å²) in [5, 5.41) is 0. The van der Waals surface area contributed by atoms with Crippen molar-refractivity contribution in [2.24, 2.45) is 9.98 Å². The lowest BCUT2D eigenvalue weighted by Gasteiger charge is -2.26. The molecular formula is C20H19F2N5. The number of aromatic nitrogens is 2. The van der Waals surface area contributed by atoms with Crippen LogP contribution in [0.15, 0.2) is 53.2 Å². The van der Waals surface area contributed by atoms with Crippen LogP contribution < -0.4 is 4.90 Å². The molecule has 0 aliphatic carbocycles. The van der Waals surface area contributed by atoms with E-state index in [9.17, 15) is 8.78 Å². The van der Waals surface area contributed by atoms with Gasteiger partial charge in [0.25, 0.3) is 0 Å². The standard InChI is InChI=1S/C20H19F2N5/c1-4-17-20-15(10-14(21)11-16(20)22)13(2)27(17)19-6-9-25-18(26-19)12-24-8-5-7-23-3/h5-11,17H,2-4,12H2,1H3/b7-5-,24-8-. The molecule has 0 saturated heterocycles. The quantitative estimate of drug-likeness (QED) is 0.707. The van der Waals surface area contributed by atoms with E-state index in [1.54, 1.807) is 24.6 Å². The van der Waals surface area contributed by atoms with Crippen molar-refractivity contribution in [3.8, 4) is 0 Å². The molecule has 5 nitrogen and oxygen atoms in total. The van der Waals surface area contributed by atoms with E-state index in [1.165, 1.54) is 12.3 Å². The topological polar surface area (TPSA) is 53.7 Å². The summed E-state index contributed by atoms with van der Waals surface area (Å²) in [6.07, 6.45) is 6.99. The molecule has 0 amide bonds. The van der Waals surface area contributed by atoms with Gasteiger partial charge in [0.1, 0.15) is 17.5 Å². The SMILES string of the molecule is C=N/C=C\C=N/Cc1nccc(N2C(=C)c3cc(F)cc(F)c3C2CC)n1. The molecule has 0 saturated carbocycles. The number of rotatable bonds is 6. The highest BCUT2D eigenvalue weighted by Crippen LogP contribution is 2.45. The summed E-state index contributed by atoms with van der Waals surface area (Å²) in [4.78, 5) is 18.3. The highest BCUT2D eigenvalue weighted by molar-refractivity contribution is 5.84. The zero-order chi connectivity index (χ0) is 19.4. The molecule has 3 rings (SSSR count). The third-order valence-electron chi connectivity index (χ3n) is 4.28. The second kappa shape index (κ2) is 7.99. The summed E-state index contributed by atoms with van der Waals surface area (Å²) in [6, 6.07) is 3.64. The Hall–Kier alpha value is -3.22. The molecule has 2 aromatic rings. The van der Waals surface area contributed by atoms with E-state index in [-0.39, 0.29) is 12.6 Å². The van der Waals surface area contributed by atoms with E-state index in [4.69, 9.17) is 0 Å². The maximum absolute atomic E-state index is 14.4. The maximum Gasteiger partial charge on any atom is 0.152 e. The molecule has 138 valence electrons. The van der Waals surface area contributed by atoms with Crippen LogP contribution in [0, 0.1) is 11.6 Å².